The van der Waals surface area contributed by atoms with Crippen LogP contribution in [0, 0.1) is 23.7 Å². The second-order valence-electron chi connectivity index (χ2n) is 8.14. The van der Waals surface area contributed by atoms with Crippen molar-refractivity contribution in [3.8, 4) is 0 Å². The number of aliphatic hydroxyl groups is 2. The van der Waals surface area contributed by atoms with Crippen molar-refractivity contribution in [1.29, 1.82) is 0 Å². The van der Waals surface area contributed by atoms with Crippen LogP contribution in [-0.4, -0.2) is 39.3 Å². The molecule has 0 aliphatic heterocycles. The van der Waals surface area contributed by atoms with Crippen LogP contribution in [0.2, 0.25) is 0 Å². The first-order valence-corrected chi connectivity index (χ1v) is 9.09. The SMILES string of the molecule is CC(C)=CCC1C(O)C(C(=O)C(C)C)C(=O)C1(O)C(=O)CCC(C)C. The van der Waals surface area contributed by atoms with E-state index in [-0.39, 0.29) is 18.8 Å². The van der Waals surface area contributed by atoms with E-state index in [4.69, 9.17) is 0 Å². The summed E-state index contributed by atoms with van der Waals surface area (Å²) in [7, 11) is 0. The molecule has 4 atom stereocenters. The highest BCUT2D eigenvalue weighted by atomic mass is 16.3. The Hall–Kier alpha value is -1.33. The van der Waals surface area contributed by atoms with Crippen LogP contribution in [-0.2, 0) is 14.4 Å². The molecule has 5 nitrogen and oxygen atoms in total. The topological polar surface area (TPSA) is 91.7 Å². The van der Waals surface area contributed by atoms with Crippen molar-refractivity contribution in [1.82, 2.24) is 0 Å². The van der Waals surface area contributed by atoms with Crippen molar-refractivity contribution in [3.05, 3.63) is 11.6 Å². The van der Waals surface area contributed by atoms with Crippen LogP contribution in [0.15, 0.2) is 11.6 Å². The summed E-state index contributed by atoms with van der Waals surface area (Å²) in [5.41, 5.74) is -1.33. The molecule has 0 heterocycles. The largest absolute Gasteiger partial charge is 0.391 e. The summed E-state index contributed by atoms with van der Waals surface area (Å²) in [6.45, 7) is 10.9. The first-order valence-electron chi connectivity index (χ1n) is 9.09. The molecule has 25 heavy (non-hydrogen) atoms. The quantitative estimate of drug-likeness (QED) is 0.517. The molecule has 0 bridgehead atoms. The average molecular weight is 352 g/mol. The number of ketones is 3. The third kappa shape index (κ3) is 4.45. The van der Waals surface area contributed by atoms with Crippen LogP contribution in [0.1, 0.15) is 60.8 Å². The zero-order valence-electron chi connectivity index (χ0n) is 16.2. The Labute approximate surface area is 150 Å². The highest BCUT2D eigenvalue weighted by molar-refractivity contribution is 6.20. The van der Waals surface area contributed by atoms with Gasteiger partial charge in [0, 0.05) is 18.3 Å². The van der Waals surface area contributed by atoms with E-state index in [9.17, 15) is 24.6 Å². The third-order valence-corrected chi connectivity index (χ3v) is 4.98. The van der Waals surface area contributed by atoms with Crippen molar-refractivity contribution >= 4 is 17.3 Å². The second-order valence-corrected chi connectivity index (χ2v) is 8.14. The Balaban J connectivity index is 3.27. The van der Waals surface area contributed by atoms with E-state index in [2.05, 4.69) is 0 Å². The van der Waals surface area contributed by atoms with Crippen LogP contribution in [0.25, 0.3) is 0 Å². The molecule has 1 aliphatic carbocycles. The Morgan fingerprint density at radius 1 is 1.20 bits per heavy atom. The lowest BCUT2D eigenvalue weighted by Crippen LogP contribution is -2.50. The van der Waals surface area contributed by atoms with E-state index in [1.54, 1.807) is 19.9 Å². The van der Waals surface area contributed by atoms with Crippen LogP contribution in [0.3, 0.4) is 0 Å². The van der Waals surface area contributed by atoms with Crippen LogP contribution < -0.4 is 0 Å². The maximum absolute atomic E-state index is 12.9. The Kier molecular flexibility index (Phi) is 7.27. The van der Waals surface area contributed by atoms with E-state index < -0.39 is 46.8 Å². The molecule has 1 saturated carbocycles. The number of Topliss-reactive ketones (excluding diaryl/α,β-unsaturated/α-hetero) is 3. The first kappa shape index (κ1) is 21.7. The molecule has 0 amide bonds. The number of rotatable bonds is 8. The summed E-state index contributed by atoms with van der Waals surface area (Å²) in [4.78, 5) is 38.0. The van der Waals surface area contributed by atoms with Gasteiger partial charge in [-0.05, 0) is 32.6 Å². The molecule has 1 rings (SSSR count). The molecular formula is C20H32O5. The molecule has 0 radical (unpaired) electrons. The second kappa shape index (κ2) is 8.37. The van der Waals surface area contributed by atoms with Gasteiger partial charge in [0.05, 0.1) is 6.10 Å². The molecule has 142 valence electrons. The molecule has 0 aromatic carbocycles. The lowest BCUT2D eigenvalue weighted by Gasteiger charge is -2.28. The standard InChI is InChI=1S/C20H32O5/c1-11(2)7-9-14-18(23)16(17(22)13(5)6)19(24)20(14,25)15(21)10-8-12(3)4/h7,12-14,16,18,23,25H,8-10H2,1-6H3. The fraction of sp³-hybridized carbons (Fsp3) is 0.750. The van der Waals surface area contributed by atoms with Gasteiger partial charge in [-0.1, -0.05) is 39.3 Å². The maximum Gasteiger partial charge on any atom is 0.187 e. The maximum atomic E-state index is 12.9. The Morgan fingerprint density at radius 2 is 1.76 bits per heavy atom. The summed E-state index contributed by atoms with van der Waals surface area (Å²) in [5, 5.41) is 21.7. The zero-order valence-corrected chi connectivity index (χ0v) is 16.2. The number of hydrogen-bond donors (Lipinski definition) is 2. The highest BCUT2D eigenvalue weighted by Crippen LogP contribution is 2.42. The smallest absolute Gasteiger partial charge is 0.187 e. The zero-order chi connectivity index (χ0) is 19.5. The van der Waals surface area contributed by atoms with Gasteiger partial charge in [0.1, 0.15) is 11.7 Å². The minimum absolute atomic E-state index is 0.0561. The van der Waals surface area contributed by atoms with Gasteiger partial charge in [-0.2, -0.15) is 0 Å². The summed E-state index contributed by atoms with van der Waals surface area (Å²) >= 11 is 0. The van der Waals surface area contributed by atoms with Crippen LogP contribution in [0.5, 0.6) is 0 Å². The fourth-order valence-corrected chi connectivity index (χ4v) is 3.34. The number of hydrogen-bond acceptors (Lipinski definition) is 5. The average Bonchev–Trinajstić information content (AvgIpc) is 2.69. The van der Waals surface area contributed by atoms with Crippen molar-refractivity contribution in [3.63, 3.8) is 0 Å². The molecule has 5 heteroatoms. The Bertz CT molecular complexity index is 556. The molecule has 0 spiro atoms. The summed E-state index contributed by atoms with van der Waals surface area (Å²) in [5.74, 6) is -4.37. The van der Waals surface area contributed by atoms with E-state index in [0.29, 0.717) is 6.42 Å². The van der Waals surface area contributed by atoms with Gasteiger partial charge in [-0.3, -0.25) is 14.4 Å². The molecule has 0 saturated heterocycles. The summed E-state index contributed by atoms with van der Waals surface area (Å²) in [6.07, 6.45) is 1.22. The van der Waals surface area contributed by atoms with Crippen LogP contribution in [0.4, 0.5) is 0 Å². The molecule has 2 N–H and O–H groups in total. The Morgan fingerprint density at radius 3 is 2.20 bits per heavy atom. The number of carbonyl (C=O) groups is 3. The molecule has 0 aromatic heterocycles. The summed E-state index contributed by atoms with van der Waals surface area (Å²) in [6, 6.07) is 0. The van der Waals surface area contributed by atoms with Crippen molar-refractivity contribution < 1.29 is 24.6 Å². The minimum Gasteiger partial charge on any atom is -0.391 e. The number of allylic oxidation sites excluding steroid dienone is 2. The molecule has 1 fully saturated rings. The first-order chi connectivity index (χ1) is 11.4. The molecule has 0 aromatic rings. The molecule has 1 aliphatic rings. The van der Waals surface area contributed by atoms with E-state index in [0.717, 1.165) is 5.57 Å². The van der Waals surface area contributed by atoms with Gasteiger partial charge >= 0.3 is 0 Å². The lowest BCUT2D eigenvalue weighted by atomic mass is 9.80. The van der Waals surface area contributed by atoms with Gasteiger partial charge in [0.15, 0.2) is 17.2 Å². The predicted molar refractivity (Wildman–Crippen MR) is 95.9 cm³/mol. The summed E-state index contributed by atoms with van der Waals surface area (Å²) < 4.78 is 0. The fourth-order valence-electron chi connectivity index (χ4n) is 3.34. The van der Waals surface area contributed by atoms with E-state index >= 15 is 0 Å². The van der Waals surface area contributed by atoms with Gasteiger partial charge < -0.3 is 10.2 Å². The van der Waals surface area contributed by atoms with Crippen molar-refractivity contribution in [2.75, 3.05) is 0 Å². The van der Waals surface area contributed by atoms with Gasteiger partial charge in [-0.25, -0.2) is 0 Å². The van der Waals surface area contributed by atoms with E-state index in [1.807, 2.05) is 27.7 Å². The van der Waals surface area contributed by atoms with Gasteiger partial charge in [0.2, 0.25) is 0 Å². The van der Waals surface area contributed by atoms with Crippen molar-refractivity contribution in [2.24, 2.45) is 23.7 Å². The number of carbonyl (C=O) groups excluding carboxylic acids is 3. The number of aliphatic hydroxyl groups excluding tert-OH is 1. The van der Waals surface area contributed by atoms with Gasteiger partial charge in [-0.15, -0.1) is 0 Å². The lowest BCUT2D eigenvalue weighted by molar-refractivity contribution is -0.154. The molecule has 4 unspecified atom stereocenters. The third-order valence-electron chi connectivity index (χ3n) is 4.98. The molecular weight excluding hydrogens is 320 g/mol. The van der Waals surface area contributed by atoms with Crippen molar-refractivity contribution in [2.45, 2.75) is 72.5 Å². The monoisotopic (exact) mass is 352 g/mol. The van der Waals surface area contributed by atoms with E-state index in [1.165, 1.54) is 0 Å². The highest BCUT2D eigenvalue weighted by Gasteiger charge is 2.64. The normalized spacial score (nSPS) is 29.4. The van der Waals surface area contributed by atoms with Crippen LogP contribution >= 0.6 is 0 Å². The minimum atomic E-state index is -2.28. The predicted octanol–water partition coefficient (Wildman–Crippen LogP) is 2.48. The van der Waals surface area contributed by atoms with Gasteiger partial charge in [0.25, 0.3) is 0 Å².